The number of rotatable bonds is 3. The van der Waals surface area contributed by atoms with Gasteiger partial charge in [0, 0.05) is 9.85 Å². The van der Waals surface area contributed by atoms with Crippen molar-refractivity contribution in [2.45, 2.75) is 11.2 Å². The van der Waals surface area contributed by atoms with E-state index in [1.807, 2.05) is 24.3 Å². The Morgan fingerprint density at radius 3 is 2.56 bits per heavy atom. The molecule has 0 bridgehead atoms. The van der Waals surface area contributed by atoms with E-state index in [9.17, 15) is 4.39 Å². The van der Waals surface area contributed by atoms with Crippen molar-refractivity contribution in [1.82, 2.24) is 0 Å². The first-order valence-corrected chi connectivity index (χ1v) is 7.07. The molecule has 2 rings (SSSR count). The van der Waals surface area contributed by atoms with Gasteiger partial charge in [0.1, 0.15) is 5.82 Å². The van der Waals surface area contributed by atoms with Crippen LogP contribution in [0.1, 0.15) is 16.0 Å². The maximum absolute atomic E-state index is 13.1. The highest BCUT2D eigenvalue weighted by atomic mass is 79.9. The molecule has 0 amide bonds. The Morgan fingerprint density at radius 2 is 1.89 bits per heavy atom. The van der Waals surface area contributed by atoms with Crippen LogP contribution in [0.2, 0.25) is 10.0 Å². The van der Waals surface area contributed by atoms with E-state index in [0.717, 1.165) is 17.5 Å². The summed E-state index contributed by atoms with van der Waals surface area (Å²) in [7, 11) is 0. The van der Waals surface area contributed by atoms with Crippen molar-refractivity contribution in [2.24, 2.45) is 0 Å². The summed E-state index contributed by atoms with van der Waals surface area (Å²) in [5, 5.41) is 0.854. The lowest BCUT2D eigenvalue weighted by atomic mass is 10.0. The van der Waals surface area contributed by atoms with Gasteiger partial charge in [0.2, 0.25) is 0 Å². The minimum atomic E-state index is -0.400. The van der Waals surface area contributed by atoms with Crippen molar-refractivity contribution in [3.63, 3.8) is 0 Å². The molecule has 0 aliphatic heterocycles. The molecule has 0 heterocycles. The summed E-state index contributed by atoms with van der Waals surface area (Å²) >= 11 is 15.3. The fraction of sp³-hybridized carbons (Fsp3) is 0.143. The Kier molecular flexibility index (Phi) is 4.66. The molecule has 1 unspecified atom stereocenters. The number of benzene rings is 2. The van der Waals surface area contributed by atoms with Gasteiger partial charge in [-0.2, -0.15) is 0 Å². The van der Waals surface area contributed by atoms with E-state index in [2.05, 4.69) is 15.9 Å². The predicted molar refractivity (Wildman–Crippen MR) is 78.2 cm³/mol. The maximum Gasteiger partial charge on any atom is 0.141 e. The molecule has 1 atom stereocenters. The van der Waals surface area contributed by atoms with E-state index in [4.69, 9.17) is 23.2 Å². The van der Waals surface area contributed by atoms with Gasteiger partial charge in [0.05, 0.1) is 5.02 Å². The van der Waals surface area contributed by atoms with Crippen LogP contribution in [0.3, 0.4) is 0 Å². The van der Waals surface area contributed by atoms with Gasteiger partial charge < -0.3 is 0 Å². The van der Waals surface area contributed by atoms with Crippen molar-refractivity contribution < 1.29 is 4.39 Å². The topological polar surface area (TPSA) is 0 Å². The molecule has 0 saturated heterocycles. The Labute approximate surface area is 124 Å². The number of halogens is 4. The van der Waals surface area contributed by atoms with E-state index < -0.39 is 5.82 Å². The van der Waals surface area contributed by atoms with Crippen molar-refractivity contribution in [3.05, 3.63) is 69.5 Å². The second-order valence-electron chi connectivity index (χ2n) is 3.98. The lowest BCUT2D eigenvalue weighted by Gasteiger charge is -2.11. The largest absolute Gasteiger partial charge is 0.205 e. The summed E-state index contributed by atoms with van der Waals surface area (Å²) in [5.74, 6) is -0.400. The third kappa shape index (κ3) is 3.47. The van der Waals surface area contributed by atoms with Crippen LogP contribution in [0, 0.1) is 5.82 Å². The highest BCUT2D eigenvalue weighted by Crippen LogP contribution is 2.30. The number of alkyl halides is 1. The molecule has 2 aromatic rings. The van der Waals surface area contributed by atoms with Crippen LogP contribution >= 0.6 is 39.1 Å². The third-order valence-corrected chi connectivity index (χ3v) is 3.99. The predicted octanol–water partition coefficient (Wildman–Crippen LogP) is 5.81. The molecule has 18 heavy (non-hydrogen) atoms. The highest BCUT2D eigenvalue weighted by molar-refractivity contribution is 9.09. The van der Waals surface area contributed by atoms with Crippen LogP contribution in [0.5, 0.6) is 0 Å². The van der Waals surface area contributed by atoms with E-state index in [-0.39, 0.29) is 9.85 Å². The second-order valence-corrected chi connectivity index (χ2v) is 5.92. The fourth-order valence-corrected chi connectivity index (χ4v) is 2.76. The fourth-order valence-electron chi connectivity index (χ4n) is 1.70. The molecule has 0 aliphatic carbocycles. The van der Waals surface area contributed by atoms with Crippen LogP contribution in [0.25, 0.3) is 0 Å². The molecule has 0 nitrogen and oxygen atoms in total. The smallest absolute Gasteiger partial charge is 0.141 e. The minimum absolute atomic E-state index is 0.0778. The summed E-state index contributed by atoms with van der Waals surface area (Å²) < 4.78 is 13.1. The third-order valence-electron chi connectivity index (χ3n) is 2.61. The highest BCUT2D eigenvalue weighted by Gasteiger charge is 2.11. The van der Waals surface area contributed by atoms with E-state index in [0.29, 0.717) is 5.02 Å². The standard InChI is InChI=1S/C14H10BrCl2F/c15-12(7-9-2-1-3-11(16)6-9)10-4-5-14(18)13(17)8-10/h1-6,8,12H,7H2. The number of hydrogen-bond donors (Lipinski definition) is 0. The lowest BCUT2D eigenvalue weighted by molar-refractivity contribution is 0.627. The normalized spacial score (nSPS) is 12.4. The minimum Gasteiger partial charge on any atom is -0.205 e. The number of hydrogen-bond acceptors (Lipinski definition) is 0. The molecule has 4 heteroatoms. The molecule has 0 fully saturated rings. The van der Waals surface area contributed by atoms with Gasteiger partial charge in [-0.25, -0.2) is 4.39 Å². The molecule has 0 spiro atoms. The second kappa shape index (κ2) is 6.05. The van der Waals surface area contributed by atoms with Crippen molar-refractivity contribution in [1.29, 1.82) is 0 Å². The van der Waals surface area contributed by atoms with Gasteiger partial charge in [-0.05, 0) is 41.8 Å². The summed E-state index contributed by atoms with van der Waals surface area (Å²) in [4.78, 5) is 0.0778. The molecule has 0 saturated carbocycles. The zero-order valence-corrected chi connectivity index (χ0v) is 12.4. The Balaban J connectivity index is 2.16. The summed E-state index contributed by atoms with van der Waals surface area (Å²) in [6, 6.07) is 12.4. The van der Waals surface area contributed by atoms with Gasteiger partial charge >= 0.3 is 0 Å². The van der Waals surface area contributed by atoms with Crippen LogP contribution in [-0.2, 0) is 6.42 Å². The summed E-state index contributed by atoms with van der Waals surface area (Å²) in [6.07, 6.45) is 0.766. The Bertz CT molecular complexity index is 557. The van der Waals surface area contributed by atoms with E-state index in [1.165, 1.54) is 6.07 Å². The Morgan fingerprint density at radius 1 is 1.11 bits per heavy atom. The molecular weight excluding hydrogens is 338 g/mol. The zero-order chi connectivity index (χ0) is 13.1. The molecule has 0 aromatic heterocycles. The van der Waals surface area contributed by atoms with Crippen LogP contribution in [0.4, 0.5) is 4.39 Å². The van der Waals surface area contributed by atoms with E-state index >= 15 is 0 Å². The van der Waals surface area contributed by atoms with Gasteiger partial charge in [0.15, 0.2) is 0 Å². The van der Waals surface area contributed by atoms with Gasteiger partial charge in [-0.15, -0.1) is 0 Å². The Hall–Kier alpha value is -0.570. The average molecular weight is 348 g/mol. The van der Waals surface area contributed by atoms with Crippen LogP contribution < -0.4 is 0 Å². The molecular formula is C14H10BrCl2F. The monoisotopic (exact) mass is 346 g/mol. The van der Waals surface area contributed by atoms with Gasteiger partial charge in [0.25, 0.3) is 0 Å². The lowest BCUT2D eigenvalue weighted by Crippen LogP contribution is -1.96. The first-order chi connectivity index (χ1) is 8.56. The van der Waals surface area contributed by atoms with Crippen molar-refractivity contribution in [3.8, 4) is 0 Å². The molecule has 0 N–H and O–H groups in total. The SMILES string of the molecule is Fc1ccc(C(Br)Cc2cccc(Cl)c2)cc1Cl. The van der Waals surface area contributed by atoms with E-state index in [1.54, 1.807) is 12.1 Å². The average Bonchev–Trinajstić information content (AvgIpc) is 2.32. The van der Waals surface area contributed by atoms with Crippen molar-refractivity contribution >= 4 is 39.1 Å². The van der Waals surface area contributed by atoms with Crippen LogP contribution in [0.15, 0.2) is 42.5 Å². The van der Waals surface area contributed by atoms with Gasteiger partial charge in [-0.1, -0.05) is 57.3 Å². The molecule has 0 aliphatic rings. The maximum atomic E-state index is 13.1. The molecule has 2 aromatic carbocycles. The first kappa shape index (κ1) is 13.9. The van der Waals surface area contributed by atoms with Crippen molar-refractivity contribution in [2.75, 3.05) is 0 Å². The summed E-state index contributed by atoms with van der Waals surface area (Å²) in [5.41, 5.74) is 2.06. The van der Waals surface area contributed by atoms with Gasteiger partial charge in [-0.3, -0.25) is 0 Å². The molecule has 0 radical (unpaired) electrons. The molecule has 94 valence electrons. The van der Waals surface area contributed by atoms with Crippen LogP contribution in [-0.4, -0.2) is 0 Å². The quantitative estimate of drug-likeness (QED) is 0.614. The summed E-state index contributed by atoms with van der Waals surface area (Å²) in [6.45, 7) is 0. The zero-order valence-electron chi connectivity index (χ0n) is 9.34. The first-order valence-electron chi connectivity index (χ1n) is 5.40.